The van der Waals surface area contributed by atoms with Crippen LogP contribution in [-0.4, -0.2) is 11.9 Å². The van der Waals surface area contributed by atoms with Crippen molar-refractivity contribution < 1.29 is 14.3 Å². The fraction of sp³-hybridized carbons (Fsp3) is 0.750. The number of rotatable bonds is 2. The molecule has 1 aliphatic rings. The van der Waals surface area contributed by atoms with E-state index in [1.165, 1.54) is 0 Å². The molecule has 1 rings (SSSR count). The predicted molar refractivity (Wildman–Crippen MR) is 38.7 cm³/mol. The standard InChI is InChI=1S/C8H12O3/c1-5(2)3-6-4-7(9)11-8(6)10/h5-6H,3-4H2,1-2H3/t6-/m0/s1. The molecule has 11 heavy (non-hydrogen) atoms. The summed E-state index contributed by atoms with van der Waals surface area (Å²) in [6.45, 7) is 4.05. The molecule has 3 heteroatoms. The van der Waals surface area contributed by atoms with Crippen LogP contribution in [0.2, 0.25) is 0 Å². The van der Waals surface area contributed by atoms with E-state index in [9.17, 15) is 9.59 Å². The number of esters is 2. The molecule has 1 saturated heterocycles. The van der Waals surface area contributed by atoms with Crippen molar-refractivity contribution in [1.29, 1.82) is 0 Å². The minimum Gasteiger partial charge on any atom is -0.393 e. The second-order valence-electron chi connectivity index (χ2n) is 3.32. The lowest BCUT2D eigenvalue weighted by Crippen LogP contribution is -2.09. The number of carbonyl (C=O) groups excluding carboxylic acids is 2. The Kier molecular flexibility index (Phi) is 2.27. The third-order valence-electron chi connectivity index (χ3n) is 1.72. The lowest BCUT2D eigenvalue weighted by molar-refractivity contribution is -0.153. The summed E-state index contributed by atoms with van der Waals surface area (Å²) in [5.41, 5.74) is 0. The summed E-state index contributed by atoms with van der Waals surface area (Å²) >= 11 is 0. The molecular weight excluding hydrogens is 144 g/mol. The van der Waals surface area contributed by atoms with Gasteiger partial charge in [-0.05, 0) is 12.3 Å². The van der Waals surface area contributed by atoms with Crippen LogP contribution in [-0.2, 0) is 14.3 Å². The van der Waals surface area contributed by atoms with Gasteiger partial charge >= 0.3 is 11.9 Å². The Morgan fingerprint density at radius 1 is 1.55 bits per heavy atom. The highest BCUT2D eigenvalue weighted by atomic mass is 16.6. The number of ether oxygens (including phenoxy) is 1. The average Bonchev–Trinajstić information content (AvgIpc) is 2.09. The van der Waals surface area contributed by atoms with Crippen LogP contribution in [0.5, 0.6) is 0 Å². The van der Waals surface area contributed by atoms with E-state index in [0.717, 1.165) is 6.42 Å². The van der Waals surface area contributed by atoms with Crippen LogP contribution in [0.4, 0.5) is 0 Å². The van der Waals surface area contributed by atoms with Crippen molar-refractivity contribution in [2.75, 3.05) is 0 Å². The van der Waals surface area contributed by atoms with Crippen LogP contribution >= 0.6 is 0 Å². The number of cyclic esters (lactones) is 2. The zero-order valence-corrected chi connectivity index (χ0v) is 6.79. The highest BCUT2D eigenvalue weighted by Gasteiger charge is 2.33. The summed E-state index contributed by atoms with van der Waals surface area (Å²) in [6.07, 6.45) is 1.03. The Labute approximate surface area is 65.7 Å². The Hall–Kier alpha value is -0.860. The zero-order valence-electron chi connectivity index (χ0n) is 6.79. The fourth-order valence-electron chi connectivity index (χ4n) is 1.27. The summed E-state index contributed by atoms with van der Waals surface area (Å²) < 4.78 is 4.40. The normalized spacial score (nSPS) is 24.5. The van der Waals surface area contributed by atoms with Crippen molar-refractivity contribution >= 4 is 11.9 Å². The molecule has 1 aliphatic heterocycles. The van der Waals surface area contributed by atoms with E-state index in [0.29, 0.717) is 5.92 Å². The summed E-state index contributed by atoms with van der Waals surface area (Å²) in [5, 5.41) is 0. The monoisotopic (exact) mass is 156 g/mol. The van der Waals surface area contributed by atoms with Gasteiger partial charge in [-0.1, -0.05) is 13.8 Å². The number of carbonyl (C=O) groups is 2. The number of hydrogen-bond acceptors (Lipinski definition) is 3. The number of hydrogen-bond donors (Lipinski definition) is 0. The van der Waals surface area contributed by atoms with Gasteiger partial charge in [-0.2, -0.15) is 0 Å². The molecule has 1 atom stereocenters. The molecule has 1 fully saturated rings. The molecule has 0 aromatic rings. The van der Waals surface area contributed by atoms with Crippen molar-refractivity contribution in [3.63, 3.8) is 0 Å². The summed E-state index contributed by atoms with van der Waals surface area (Å²) in [6, 6.07) is 0. The maximum absolute atomic E-state index is 10.9. The smallest absolute Gasteiger partial charge is 0.317 e. The zero-order chi connectivity index (χ0) is 8.43. The Morgan fingerprint density at radius 3 is 2.55 bits per heavy atom. The first-order valence-corrected chi connectivity index (χ1v) is 3.84. The Balaban J connectivity index is 2.47. The van der Waals surface area contributed by atoms with Gasteiger partial charge in [0.2, 0.25) is 0 Å². The van der Waals surface area contributed by atoms with Gasteiger partial charge in [0.25, 0.3) is 0 Å². The molecule has 0 spiro atoms. The molecule has 0 radical (unpaired) electrons. The van der Waals surface area contributed by atoms with Gasteiger partial charge < -0.3 is 4.74 Å². The summed E-state index contributed by atoms with van der Waals surface area (Å²) in [5.74, 6) is -0.453. The average molecular weight is 156 g/mol. The molecule has 0 aliphatic carbocycles. The van der Waals surface area contributed by atoms with Crippen molar-refractivity contribution in [2.24, 2.45) is 11.8 Å². The largest absolute Gasteiger partial charge is 0.393 e. The highest BCUT2D eigenvalue weighted by Crippen LogP contribution is 2.22. The highest BCUT2D eigenvalue weighted by molar-refractivity contribution is 5.94. The van der Waals surface area contributed by atoms with Gasteiger partial charge in [0.05, 0.1) is 12.3 Å². The van der Waals surface area contributed by atoms with Crippen LogP contribution in [0.15, 0.2) is 0 Å². The molecule has 3 nitrogen and oxygen atoms in total. The first-order chi connectivity index (χ1) is 5.09. The van der Waals surface area contributed by atoms with Crippen LogP contribution in [0.25, 0.3) is 0 Å². The van der Waals surface area contributed by atoms with Gasteiger partial charge in [-0.3, -0.25) is 9.59 Å². The van der Waals surface area contributed by atoms with E-state index in [-0.39, 0.29) is 24.3 Å². The molecule has 0 saturated carbocycles. The van der Waals surface area contributed by atoms with Gasteiger partial charge in [0, 0.05) is 0 Å². The first kappa shape index (κ1) is 8.24. The lowest BCUT2D eigenvalue weighted by Gasteiger charge is -2.05. The minimum absolute atomic E-state index is 0.178. The summed E-state index contributed by atoms with van der Waals surface area (Å²) in [4.78, 5) is 21.5. The van der Waals surface area contributed by atoms with E-state index in [4.69, 9.17) is 0 Å². The Bertz CT molecular complexity index is 184. The summed E-state index contributed by atoms with van der Waals surface area (Å²) in [7, 11) is 0. The molecule has 0 aromatic carbocycles. The van der Waals surface area contributed by atoms with Crippen LogP contribution in [0, 0.1) is 11.8 Å². The van der Waals surface area contributed by atoms with Gasteiger partial charge in [-0.15, -0.1) is 0 Å². The van der Waals surface area contributed by atoms with Crippen molar-refractivity contribution in [3.8, 4) is 0 Å². The fourth-order valence-corrected chi connectivity index (χ4v) is 1.27. The molecule has 1 heterocycles. The van der Waals surface area contributed by atoms with E-state index in [1.807, 2.05) is 13.8 Å². The molecule has 0 bridgehead atoms. The minimum atomic E-state index is -0.374. The van der Waals surface area contributed by atoms with E-state index in [2.05, 4.69) is 4.74 Å². The van der Waals surface area contributed by atoms with Crippen LogP contribution in [0.1, 0.15) is 26.7 Å². The molecule has 0 N–H and O–H groups in total. The first-order valence-electron chi connectivity index (χ1n) is 3.84. The van der Waals surface area contributed by atoms with Crippen LogP contribution < -0.4 is 0 Å². The second-order valence-corrected chi connectivity index (χ2v) is 3.32. The predicted octanol–water partition coefficient (Wildman–Crippen LogP) is 1.12. The van der Waals surface area contributed by atoms with Gasteiger partial charge in [0.1, 0.15) is 0 Å². The van der Waals surface area contributed by atoms with Crippen LogP contribution in [0.3, 0.4) is 0 Å². The third-order valence-corrected chi connectivity index (χ3v) is 1.72. The maximum atomic E-state index is 10.9. The molecule has 0 amide bonds. The second kappa shape index (κ2) is 3.03. The molecule has 62 valence electrons. The third kappa shape index (κ3) is 2.03. The van der Waals surface area contributed by atoms with E-state index in [1.54, 1.807) is 0 Å². The van der Waals surface area contributed by atoms with Crippen molar-refractivity contribution in [1.82, 2.24) is 0 Å². The van der Waals surface area contributed by atoms with Gasteiger partial charge in [0.15, 0.2) is 0 Å². The maximum Gasteiger partial charge on any atom is 0.317 e. The Morgan fingerprint density at radius 2 is 2.18 bits per heavy atom. The van der Waals surface area contributed by atoms with E-state index >= 15 is 0 Å². The molecule has 0 unspecified atom stereocenters. The molecule has 0 aromatic heterocycles. The lowest BCUT2D eigenvalue weighted by atomic mass is 9.96. The van der Waals surface area contributed by atoms with Crippen molar-refractivity contribution in [3.05, 3.63) is 0 Å². The topological polar surface area (TPSA) is 43.4 Å². The van der Waals surface area contributed by atoms with Crippen molar-refractivity contribution in [2.45, 2.75) is 26.7 Å². The molecular formula is C8H12O3. The van der Waals surface area contributed by atoms with Gasteiger partial charge in [-0.25, -0.2) is 0 Å². The SMILES string of the molecule is CC(C)C[C@H]1CC(=O)OC1=O. The quantitative estimate of drug-likeness (QED) is 0.444. The van der Waals surface area contributed by atoms with E-state index < -0.39 is 0 Å².